The molecule has 1 atom stereocenters. The maximum absolute atomic E-state index is 12.7. The molecule has 2 saturated heterocycles. The molecule has 0 radical (unpaired) electrons. The van der Waals surface area contributed by atoms with Gasteiger partial charge >= 0.3 is 0 Å². The van der Waals surface area contributed by atoms with E-state index in [1.54, 1.807) is 53.7 Å². The SMILES string of the molecule is N#Cc1cccc(C(=O)N2CC3(C2)OCC[C@@H]3CCNC(=O)c2cccnc2)c1. The molecule has 1 aromatic heterocycles. The molecule has 2 aromatic rings. The number of nitriles is 1. The summed E-state index contributed by atoms with van der Waals surface area (Å²) in [5, 5.41) is 12.0. The smallest absolute Gasteiger partial charge is 0.254 e. The molecule has 148 valence electrons. The third-order valence-corrected chi connectivity index (χ3v) is 5.74. The van der Waals surface area contributed by atoms with E-state index in [2.05, 4.69) is 16.4 Å². The average Bonchev–Trinajstić information content (AvgIpc) is 3.16. The molecule has 1 aromatic carbocycles. The van der Waals surface area contributed by atoms with E-state index in [0.29, 0.717) is 48.8 Å². The maximum atomic E-state index is 12.7. The van der Waals surface area contributed by atoms with E-state index in [0.717, 1.165) is 12.8 Å². The van der Waals surface area contributed by atoms with Crippen molar-refractivity contribution in [1.82, 2.24) is 15.2 Å². The summed E-state index contributed by atoms with van der Waals surface area (Å²) in [4.78, 5) is 30.6. The van der Waals surface area contributed by atoms with Gasteiger partial charge in [-0.3, -0.25) is 14.6 Å². The second-order valence-corrected chi connectivity index (χ2v) is 7.54. The summed E-state index contributed by atoms with van der Waals surface area (Å²) in [6, 6.07) is 12.3. The number of benzene rings is 1. The van der Waals surface area contributed by atoms with Gasteiger partial charge < -0.3 is 15.0 Å². The molecule has 1 spiro atoms. The molecule has 2 fully saturated rings. The number of rotatable bonds is 5. The number of pyridine rings is 1. The Labute approximate surface area is 169 Å². The van der Waals surface area contributed by atoms with Gasteiger partial charge in [-0.15, -0.1) is 0 Å². The fourth-order valence-electron chi connectivity index (χ4n) is 4.15. The highest BCUT2D eigenvalue weighted by Gasteiger charge is 2.54. The third-order valence-electron chi connectivity index (χ3n) is 5.74. The molecule has 1 N–H and O–H groups in total. The van der Waals surface area contributed by atoms with E-state index in [-0.39, 0.29) is 17.4 Å². The summed E-state index contributed by atoms with van der Waals surface area (Å²) >= 11 is 0. The predicted octanol–water partition coefficient (Wildman–Crippen LogP) is 2.00. The van der Waals surface area contributed by atoms with E-state index >= 15 is 0 Å². The van der Waals surface area contributed by atoms with Crippen molar-refractivity contribution in [3.8, 4) is 6.07 Å². The Hall–Kier alpha value is -3.24. The summed E-state index contributed by atoms with van der Waals surface area (Å²) in [5.74, 6) is 0.0897. The Morgan fingerprint density at radius 1 is 1.28 bits per heavy atom. The van der Waals surface area contributed by atoms with Gasteiger partial charge in [-0.25, -0.2) is 0 Å². The van der Waals surface area contributed by atoms with Crippen LogP contribution in [0.2, 0.25) is 0 Å². The van der Waals surface area contributed by atoms with Gasteiger partial charge in [-0.2, -0.15) is 5.26 Å². The number of hydrogen-bond donors (Lipinski definition) is 1. The third kappa shape index (κ3) is 3.84. The lowest BCUT2D eigenvalue weighted by atomic mass is 9.78. The highest BCUT2D eigenvalue weighted by Crippen LogP contribution is 2.42. The van der Waals surface area contributed by atoms with Crippen LogP contribution in [0.5, 0.6) is 0 Å². The van der Waals surface area contributed by atoms with Gasteiger partial charge in [0.15, 0.2) is 0 Å². The normalized spacial score (nSPS) is 19.4. The molecule has 29 heavy (non-hydrogen) atoms. The summed E-state index contributed by atoms with van der Waals surface area (Å²) in [6.45, 7) is 2.32. The maximum Gasteiger partial charge on any atom is 0.254 e. The van der Waals surface area contributed by atoms with Crippen molar-refractivity contribution >= 4 is 11.8 Å². The lowest BCUT2D eigenvalue weighted by Crippen LogP contribution is -2.66. The number of aromatic nitrogens is 1. The van der Waals surface area contributed by atoms with Gasteiger partial charge in [0.1, 0.15) is 5.60 Å². The van der Waals surface area contributed by atoms with Crippen LogP contribution in [0, 0.1) is 17.2 Å². The highest BCUT2D eigenvalue weighted by molar-refractivity contribution is 5.95. The Balaban J connectivity index is 1.31. The molecular weight excluding hydrogens is 368 g/mol. The van der Waals surface area contributed by atoms with Crippen molar-refractivity contribution in [3.63, 3.8) is 0 Å². The van der Waals surface area contributed by atoms with Gasteiger partial charge in [0, 0.05) is 31.1 Å². The van der Waals surface area contributed by atoms with Gasteiger partial charge in [-0.1, -0.05) is 6.07 Å². The van der Waals surface area contributed by atoms with E-state index < -0.39 is 0 Å². The monoisotopic (exact) mass is 390 g/mol. The Kier molecular flexibility index (Phi) is 5.28. The summed E-state index contributed by atoms with van der Waals surface area (Å²) < 4.78 is 6.02. The van der Waals surface area contributed by atoms with E-state index in [4.69, 9.17) is 10.00 Å². The number of carbonyl (C=O) groups excluding carboxylic acids is 2. The zero-order valence-electron chi connectivity index (χ0n) is 16.0. The first-order valence-electron chi connectivity index (χ1n) is 9.73. The molecule has 0 aliphatic carbocycles. The Bertz CT molecular complexity index is 948. The van der Waals surface area contributed by atoms with Crippen LogP contribution in [-0.4, -0.2) is 53.5 Å². The quantitative estimate of drug-likeness (QED) is 0.843. The van der Waals surface area contributed by atoms with Gasteiger partial charge in [0.25, 0.3) is 11.8 Å². The second kappa shape index (κ2) is 8.02. The minimum absolute atomic E-state index is 0.0770. The molecule has 0 saturated carbocycles. The summed E-state index contributed by atoms with van der Waals surface area (Å²) in [6.07, 6.45) is 4.91. The zero-order chi connectivity index (χ0) is 20.3. The van der Waals surface area contributed by atoms with Gasteiger partial charge in [0.2, 0.25) is 0 Å². The number of likely N-dealkylation sites (tertiary alicyclic amines) is 1. The van der Waals surface area contributed by atoms with Crippen LogP contribution in [0.1, 0.15) is 39.1 Å². The number of hydrogen-bond acceptors (Lipinski definition) is 5. The molecule has 2 aliphatic rings. The average molecular weight is 390 g/mol. The first-order valence-corrected chi connectivity index (χ1v) is 9.73. The lowest BCUT2D eigenvalue weighted by Gasteiger charge is -2.50. The van der Waals surface area contributed by atoms with Gasteiger partial charge in [0.05, 0.1) is 30.3 Å². The van der Waals surface area contributed by atoms with E-state index in [9.17, 15) is 9.59 Å². The van der Waals surface area contributed by atoms with Crippen molar-refractivity contribution in [2.45, 2.75) is 18.4 Å². The van der Waals surface area contributed by atoms with Crippen molar-refractivity contribution < 1.29 is 14.3 Å². The highest BCUT2D eigenvalue weighted by atomic mass is 16.5. The van der Waals surface area contributed by atoms with Crippen LogP contribution in [0.25, 0.3) is 0 Å². The molecular formula is C22H22N4O3. The number of nitrogens with one attached hydrogen (secondary N) is 1. The van der Waals surface area contributed by atoms with Crippen LogP contribution in [0.4, 0.5) is 0 Å². The van der Waals surface area contributed by atoms with Crippen molar-refractivity contribution in [1.29, 1.82) is 5.26 Å². The fourth-order valence-corrected chi connectivity index (χ4v) is 4.15. The lowest BCUT2D eigenvalue weighted by molar-refractivity contribution is -0.117. The van der Waals surface area contributed by atoms with Crippen LogP contribution in [-0.2, 0) is 4.74 Å². The van der Waals surface area contributed by atoms with E-state index in [1.807, 2.05) is 0 Å². The predicted molar refractivity (Wildman–Crippen MR) is 105 cm³/mol. The molecule has 0 bridgehead atoms. The van der Waals surface area contributed by atoms with Gasteiger partial charge in [-0.05, 0) is 49.1 Å². The zero-order valence-corrected chi connectivity index (χ0v) is 16.0. The number of ether oxygens (including phenoxy) is 1. The molecule has 3 heterocycles. The minimum atomic E-state index is -0.318. The summed E-state index contributed by atoms with van der Waals surface area (Å²) in [7, 11) is 0. The number of amides is 2. The molecule has 7 heteroatoms. The van der Waals surface area contributed by atoms with Crippen molar-refractivity contribution in [2.75, 3.05) is 26.2 Å². The largest absolute Gasteiger partial charge is 0.371 e. The Morgan fingerprint density at radius 3 is 2.86 bits per heavy atom. The van der Waals surface area contributed by atoms with Crippen molar-refractivity contribution in [3.05, 3.63) is 65.5 Å². The Morgan fingerprint density at radius 2 is 2.10 bits per heavy atom. The molecule has 4 rings (SSSR count). The number of nitrogens with zero attached hydrogens (tertiary/aromatic N) is 3. The summed E-state index contributed by atoms with van der Waals surface area (Å²) in [5.41, 5.74) is 1.23. The molecule has 0 unspecified atom stereocenters. The van der Waals surface area contributed by atoms with Crippen LogP contribution >= 0.6 is 0 Å². The minimum Gasteiger partial charge on any atom is -0.371 e. The fraction of sp³-hybridized carbons (Fsp3) is 0.364. The topological polar surface area (TPSA) is 95.3 Å². The number of carbonyl (C=O) groups is 2. The first kappa shape index (κ1) is 19.1. The standard InChI is InChI=1S/C22H22N4O3/c23-12-16-3-1-4-17(11-16)21(28)26-14-22(15-26)19(7-10-29-22)6-9-25-20(27)18-5-2-8-24-13-18/h1-5,8,11,13,19H,6-7,9-10,14-15H2,(H,25,27)/t19-/m0/s1. The second-order valence-electron chi connectivity index (χ2n) is 7.54. The first-order chi connectivity index (χ1) is 14.1. The van der Waals surface area contributed by atoms with E-state index in [1.165, 1.54) is 0 Å². The molecule has 7 nitrogen and oxygen atoms in total. The van der Waals surface area contributed by atoms with Crippen LogP contribution in [0.15, 0.2) is 48.8 Å². The van der Waals surface area contributed by atoms with Crippen LogP contribution < -0.4 is 5.32 Å². The van der Waals surface area contributed by atoms with Crippen LogP contribution in [0.3, 0.4) is 0 Å². The molecule has 2 amide bonds. The van der Waals surface area contributed by atoms with Crippen molar-refractivity contribution in [2.24, 2.45) is 5.92 Å². The molecule has 2 aliphatic heterocycles.